The van der Waals surface area contributed by atoms with E-state index >= 15 is 0 Å². The number of nitrogens with two attached hydrogens (primary N) is 1. The van der Waals surface area contributed by atoms with Crippen molar-refractivity contribution in [3.05, 3.63) is 40.8 Å². The first-order valence-electron chi connectivity index (χ1n) is 5.66. The smallest absolute Gasteiger partial charge is 0.222 e. The Bertz CT molecular complexity index is 572. The molecule has 0 aliphatic rings. The van der Waals surface area contributed by atoms with Gasteiger partial charge in [0.2, 0.25) is 5.88 Å². The van der Waals surface area contributed by atoms with Crippen molar-refractivity contribution in [3.63, 3.8) is 0 Å². The highest BCUT2D eigenvalue weighted by Crippen LogP contribution is 2.30. The molecule has 0 unspecified atom stereocenters. The quantitative estimate of drug-likeness (QED) is 0.863. The van der Waals surface area contributed by atoms with E-state index < -0.39 is 0 Å². The van der Waals surface area contributed by atoms with Crippen molar-refractivity contribution in [1.82, 2.24) is 9.97 Å². The van der Waals surface area contributed by atoms with E-state index in [1.54, 1.807) is 24.3 Å². The lowest BCUT2D eigenvalue weighted by atomic mass is 10.3. The maximum atomic E-state index is 6.04. The predicted molar refractivity (Wildman–Crippen MR) is 72.1 cm³/mol. The minimum absolute atomic E-state index is 0.479. The van der Waals surface area contributed by atoms with E-state index in [1.807, 2.05) is 13.8 Å². The normalized spacial score (nSPS) is 10.4. The van der Waals surface area contributed by atoms with Crippen molar-refractivity contribution in [1.29, 1.82) is 0 Å². The Balaban J connectivity index is 2.33. The van der Waals surface area contributed by atoms with Gasteiger partial charge >= 0.3 is 0 Å². The van der Waals surface area contributed by atoms with Gasteiger partial charge in [-0.2, -0.15) is 4.98 Å². The summed E-state index contributed by atoms with van der Waals surface area (Å²) >= 11 is 6.04. The Labute approximate surface area is 111 Å². The van der Waals surface area contributed by atoms with E-state index in [-0.39, 0.29) is 0 Å². The van der Waals surface area contributed by atoms with Crippen molar-refractivity contribution < 1.29 is 4.74 Å². The van der Waals surface area contributed by atoms with E-state index in [2.05, 4.69) is 9.97 Å². The molecule has 2 rings (SSSR count). The Kier molecular flexibility index (Phi) is 3.67. The second-order valence-electron chi connectivity index (χ2n) is 3.89. The van der Waals surface area contributed by atoms with Gasteiger partial charge in [0.25, 0.3) is 0 Å². The van der Waals surface area contributed by atoms with E-state index in [0.717, 1.165) is 12.1 Å². The van der Waals surface area contributed by atoms with E-state index in [4.69, 9.17) is 22.1 Å². The molecular formula is C13H14ClN3O. The van der Waals surface area contributed by atoms with Crippen molar-refractivity contribution in [2.45, 2.75) is 20.3 Å². The largest absolute Gasteiger partial charge is 0.437 e. The van der Waals surface area contributed by atoms with E-state index in [0.29, 0.717) is 28.2 Å². The van der Waals surface area contributed by atoms with Gasteiger partial charge in [0.15, 0.2) is 0 Å². The molecule has 2 N–H and O–H groups in total. The molecule has 2 aromatic rings. The average Bonchev–Trinajstić information content (AvgIpc) is 2.33. The lowest BCUT2D eigenvalue weighted by Crippen LogP contribution is -1.98. The minimum Gasteiger partial charge on any atom is -0.437 e. The molecule has 94 valence electrons. The third-order valence-corrected chi connectivity index (χ3v) is 2.71. The van der Waals surface area contributed by atoms with Crippen molar-refractivity contribution in [2.75, 3.05) is 5.73 Å². The highest BCUT2D eigenvalue weighted by atomic mass is 35.5. The van der Waals surface area contributed by atoms with Crippen LogP contribution in [-0.4, -0.2) is 9.97 Å². The lowest BCUT2D eigenvalue weighted by Gasteiger charge is -2.09. The minimum atomic E-state index is 0.479. The molecule has 0 radical (unpaired) electrons. The first-order valence-corrected chi connectivity index (χ1v) is 6.03. The monoisotopic (exact) mass is 263 g/mol. The zero-order valence-electron chi connectivity index (χ0n) is 10.3. The fourth-order valence-corrected chi connectivity index (χ4v) is 1.70. The fraction of sp³-hybridized carbons (Fsp3) is 0.231. The summed E-state index contributed by atoms with van der Waals surface area (Å²) in [6.07, 6.45) is 0.824. The molecule has 0 saturated heterocycles. The molecule has 0 aliphatic heterocycles. The molecule has 0 amide bonds. The molecule has 1 heterocycles. The Morgan fingerprint density at radius 2 is 2.06 bits per heavy atom. The van der Waals surface area contributed by atoms with Crippen molar-refractivity contribution >= 4 is 17.3 Å². The molecule has 1 aromatic carbocycles. The molecule has 0 aliphatic carbocycles. The molecule has 0 spiro atoms. The number of nitrogens with zero attached hydrogens (tertiary/aromatic N) is 2. The van der Waals surface area contributed by atoms with Crippen LogP contribution >= 0.6 is 11.6 Å². The summed E-state index contributed by atoms with van der Waals surface area (Å²) in [6, 6.07) is 6.89. The molecule has 18 heavy (non-hydrogen) atoms. The molecule has 4 nitrogen and oxygen atoms in total. The SMILES string of the molecule is CCc1cc(Oc2cc(N)ccc2Cl)nc(C)n1. The van der Waals surface area contributed by atoms with Crippen LogP contribution in [0.15, 0.2) is 24.3 Å². The van der Waals surface area contributed by atoms with Crippen LogP contribution in [0, 0.1) is 6.92 Å². The predicted octanol–water partition coefficient (Wildman–Crippen LogP) is 3.38. The van der Waals surface area contributed by atoms with Gasteiger partial charge in [-0.25, -0.2) is 4.98 Å². The first kappa shape index (κ1) is 12.6. The number of benzene rings is 1. The number of aromatic nitrogens is 2. The molecule has 5 heteroatoms. The molecule has 0 saturated carbocycles. The number of rotatable bonds is 3. The van der Waals surface area contributed by atoms with Crippen LogP contribution in [0.2, 0.25) is 5.02 Å². The number of ether oxygens (including phenoxy) is 1. The van der Waals surface area contributed by atoms with E-state index in [9.17, 15) is 0 Å². The fourth-order valence-electron chi connectivity index (χ4n) is 1.54. The summed E-state index contributed by atoms with van der Waals surface area (Å²) in [5.41, 5.74) is 7.22. The van der Waals surface area contributed by atoms with Gasteiger partial charge in [0.1, 0.15) is 11.6 Å². The topological polar surface area (TPSA) is 61.0 Å². The number of anilines is 1. The second-order valence-corrected chi connectivity index (χ2v) is 4.30. The van der Waals surface area contributed by atoms with Crippen LogP contribution in [0.3, 0.4) is 0 Å². The summed E-state index contributed by atoms with van der Waals surface area (Å²) in [5, 5.41) is 0.499. The molecule has 0 atom stereocenters. The van der Waals surface area contributed by atoms with Gasteiger partial charge in [-0.15, -0.1) is 0 Å². The second kappa shape index (κ2) is 5.23. The van der Waals surface area contributed by atoms with Crippen LogP contribution in [0.4, 0.5) is 5.69 Å². The van der Waals surface area contributed by atoms with Crippen molar-refractivity contribution in [2.24, 2.45) is 0 Å². The Morgan fingerprint density at radius 1 is 1.28 bits per heavy atom. The third kappa shape index (κ3) is 2.90. The standard InChI is InChI=1S/C13H14ClN3O/c1-3-10-7-13(17-8(2)16-10)18-12-6-9(15)4-5-11(12)14/h4-7H,3,15H2,1-2H3. The van der Waals surface area contributed by atoms with Crippen LogP contribution < -0.4 is 10.5 Å². The van der Waals surface area contributed by atoms with Gasteiger partial charge in [-0.3, -0.25) is 0 Å². The highest BCUT2D eigenvalue weighted by molar-refractivity contribution is 6.32. The highest BCUT2D eigenvalue weighted by Gasteiger charge is 2.07. The summed E-state index contributed by atoms with van der Waals surface area (Å²) in [4.78, 5) is 8.50. The lowest BCUT2D eigenvalue weighted by molar-refractivity contribution is 0.459. The summed E-state index contributed by atoms with van der Waals surface area (Å²) in [5.74, 6) is 1.65. The Morgan fingerprint density at radius 3 is 2.78 bits per heavy atom. The first-order chi connectivity index (χ1) is 8.58. The summed E-state index contributed by atoms with van der Waals surface area (Å²) < 4.78 is 5.65. The van der Waals surface area contributed by atoms with Gasteiger partial charge in [-0.1, -0.05) is 18.5 Å². The average molecular weight is 264 g/mol. The van der Waals surface area contributed by atoms with Crippen molar-refractivity contribution in [3.8, 4) is 11.6 Å². The summed E-state index contributed by atoms with van der Waals surface area (Å²) in [7, 11) is 0. The zero-order chi connectivity index (χ0) is 13.1. The number of hydrogen-bond donors (Lipinski definition) is 1. The summed E-state index contributed by atoms with van der Waals surface area (Å²) in [6.45, 7) is 3.85. The Hall–Kier alpha value is -1.81. The van der Waals surface area contributed by atoms with E-state index in [1.165, 1.54) is 0 Å². The number of aryl methyl sites for hydroxylation is 2. The number of nitrogen functional groups attached to an aromatic ring is 1. The maximum absolute atomic E-state index is 6.04. The third-order valence-electron chi connectivity index (χ3n) is 2.40. The molecule has 0 bridgehead atoms. The van der Waals surface area contributed by atoms with Crippen LogP contribution in [0.25, 0.3) is 0 Å². The number of halogens is 1. The number of hydrogen-bond acceptors (Lipinski definition) is 4. The van der Waals surface area contributed by atoms with Crippen LogP contribution in [0.1, 0.15) is 18.4 Å². The zero-order valence-corrected chi connectivity index (χ0v) is 11.0. The van der Waals surface area contributed by atoms with Gasteiger partial charge < -0.3 is 10.5 Å². The van der Waals surface area contributed by atoms with Gasteiger partial charge in [-0.05, 0) is 25.5 Å². The maximum Gasteiger partial charge on any atom is 0.222 e. The van der Waals surface area contributed by atoms with Gasteiger partial charge in [0, 0.05) is 23.5 Å². The van der Waals surface area contributed by atoms with Crippen LogP contribution in [-0.2, 0) is 6.42 Å². The molecule has 0 fully saturated rings. The molecule has 1 aromatic heterocycles. The van der Waals surface area contributed by atoms with Crippen LogP contribution in [0.5, 0.6) is 11.6 Å². The van der Waals surface area contributed by atoms with Gasteiger partial charge in [0.05, 0.1) is 5.02 Å². The molecular weight excluding hydrogens is 250 g/mol.